The standard InChI is InChI=1S/C59H49BN2OS/c1-57(2,3)32-21-24-34(25-22-32)61-44-31-50-39(36-16-11-14-20-49(36)64-50)28-40(44)52-51-37-17-9-12-18-42(37)59(7,8)54(51)53-41-27-33(58(4,5)6)23-26-45(41)62-46-29-38-35-15-10-13-19-47(35)63-48(38)30-43(46)60-55(52)56(53)62/h9-31,60-61H,1-8H3. The van der Waals surface area contributed by atoms with Crippen molar-refractivity contribution in [3.63, 3.8) is 0 Å². The van der Waals surface area contributed by atoms with E-state index in [4.69, 9.17) is 4.42 Å². The van der Waals surface area contributed by atoms with E-state index in [1.165, 1.54) is 103 Å². The highest BCUT2D eigenvalue weighted by atomic mass is 32.1. The number of nitrogens with one attached hydrogen (secondary N) is 1. The Hall–Kier alpha value is -6.56. The SMILES string of the molecule is CC(C)(C)c1ccc(Nc2cc3sc4ccccc4c3cc2-c2c3c(c4c5cc(C(C)(C)C)ccc5n5c4c2Bc2cc4oc6ccccc6c4cc2-5)C(C)(C)c2ccccc2-3)cc1. The summed E-state index contributed by atoms with van der Waals surface area (Å²) in [6.45, 7) is 18.8. The van der Waals surface area contributed by atoms with Gasteiger partial charge in [0.1, 0.15) is 11.2 Å². The van der Waals surface area contributed by atoms with Crippen LogP contribution in [-0.2, 0) is 16.2 Å². The van der Waals surface area contributed by atoms with Crippen LogP contribution in [0.1, 0.15) is 77.6 Å². The smallest absolute Gasteiger partial charge is 0.198 e. The maximum atomic E-state index is 6.64. The Labute approximate surface area is 378 Å². The minimum absolute atomic E-state index is 0.0165. The van der Waals surface area contributed by atoms with Crippen LogP contribution in [0.3, 0.4) is 0 Å². The van der Waals surface area contributed by atoms with Gasteiger partial charge >= 0.3 is 0 Å². The summed E-state index contributed by atoms with van der Waals surface area (Å²) >= 11 is 1.88. The first-order valence-electron chi connectivity index (χ1n) is 22.8. The maximum absolute atomic E-state index is 6.64. The lowest BCUT2D eigenvalue weighted by Crippen LogP contribution is -2.38. The number of thiophene rings is 1. The Balaban J connectivity index is 1.21. The molecule has 2 aliphatic rings. The molecule has 3 aromatic heterocycles. The number of aromatic nitrogens is 1. The Morgan fingerprint density at radius 3 is 2.11 bits per heavy atom. The lowest BCUT2D eigenvalue weighted by molar-refractivity contribution is 0.590. The lowest BCUT2D eigenvalue weighted by Gasteiger charge is -2.29. The Kier molecular flexibility index (Phi) is 7.59. The number of para-hydroxylation sites is 1. The van der Waals surface area contributed by atoms with Crippen molar-refractivity contribution in [2.75, 3.05) is 5.32 Å². The Morgan fingerprint density at radius 1 is 0.594 bits per heavy atom. The number of nitrogens with zero attached hydrogens (tertiary/aromatic N) is 1. The molecule has 1 N–H and O–H groups in total. The van der Waals surface area contributed by atoms with E-state index in [2.05, 4.69) is 205 Å². The van der Waals surface area contributed by atoms with Crippen LogP contribution in [-0.4, -0.2) is 11.8 Å². The van der Waals surface area contributed by atoms with Gasteiger partial charge in [0.2, 0.25) is 0 Å². The first-order chi connectivity index (χ1) is 30.7. The molecule has 5 heteroatoms. The second-order valence-corrected chi connectivity index (χ2v) is 22.1. The molecule has 0 spiro atoms. The predicted octanol–water partition coefficient (Wildman–Crippen LogP) is 15.1. The van der Waals surface area contributed by atoms with E-state index in [0.29, 0.717) is 0 Å². The summed E-state index contributed by atoms with van der Waals surface area (Å²) in [6, 6.07) is 52.7. The lowest BCUT2D eigenvalue weighted by atomic mass is 9.57. The molecule has 0 saturated carbocycles. The van der Waals surface area contributed by atoms with Crippen molar-refractivity contribution in [2.24, 2.45) is 0 Å². The third kappa shape index (κ3) is 5.22. The number of anilines is 2. The van der Waals surface area contributed by atoms with Crippen LogP contribution in [0.2, 0.25) is 0 Å². The number of hydrogen-bond acceptors (Lipinski definition) is 3. The van der Waals surface area contributed by atoms with Crippen molar-refractivity contribution in [2.45, 2.75) is 71.6 Å². The number of furan rings is 1. The fraction of sp³-hybridized carbons (Fsp3) is 0.186. The molecule has 11 aromatic rings. The van der Waals surface area contributed by atoms with Gasteiger partial charge in [0.15, 0.2) is 7.28 Å². The summed E-state index contributed by atoms with van der Waals surface area (Å²) in [4.78, 5) is 0. The van der Waals surface area contributed by atoms with E-state index in [9.17, 15) is 0 Å². The number of benzene rings is 8. The molecule has 1 aliphatic heterocycles. The molecule has 0 fully saturated rings. The van der Waals surface area contributed by atoms with Crippen LogP contribution < -0.4 is 16.2 Å². The third-order valence-electron chi connectivity index (χ3n) is 14.7. The van der Waals surface area contributed by atoms with Gasteiger partial charge in [-0.15, -0.1) is 11.3 Å². The van der Waals surface area contributed by atoms with Gasteiger partial charge in [0, 0.05) is 75.3 Å². The van der Waals surface area contributed by atoms with E-state index in [0.717, 1.165) is 40.6 Å². The van der Waals surface area contributed by atoms with Gasteiger partial charge in [-0.05, 0) is 116 Å². The first-order valence-corrected chi connectivity index (χ1v) is 23.6. The van der Waals surface area contributed by atoms with Gasteiger partial charge in [-0.2, -0.15) is 0 Å². The largest absolute Gasteiger partial charge is 0.456 e. The Morgan fingerprint density at radius 2 is 1.31 bits per heavy atom. The maximum Gasteiger partial charge on any atom is 0.198 e. The third-order valence-corrected chi connectivity index (χ3v) is 15.8. The van der Waals surface area contributed by atoms with Gasteiger partial charge in [0.05, 0.1) is 5.52 Å². The summed E-state index contributed by atoms with van der Waals surface area (Å²) < 4.78 is 11.9. The van der Waals surface area contributed by atoms with Gasteiger partial charge in [-0.25, -0.2) is 0 Å². The molecule has 3 nitrogen and oxygen atoms in total. The molecule has 4 heterocycles. The van der Waals surface area contributed by atoms with Crippen molar-refractivity contribution in [3.8, 4) is 27.9 Å². The highest BCUT2D eigenvalue weighted by Crippen LogP contribution is 2.58. The Bertz CT molecular complexity index is 3830. The second kappa shape index (κ2) is 12.8. The molecule has 0 saturated heterocycles. The molecule has 0 bridgehead atoms. The van der Waals surface area contributed by atoms with Gasteiger partial charge in [-0.1, -0.05) is 140 Å². The van der Waals surface area contributed by atoms with Crippen molar-refractivity contribution >= 4 is 105 Å². The number of hydrogen-bond donors (Lipinski definition) is 1. The first kappa shape index (κ1) is 38.0. The highest BCUT2D eigenvalue weighted by Gasteiger charge is 2.43. The van der Waals surface area contributed by atoms with Crippen LogP contribution in [0, 0.1) is 0 Å². The van der Waals surface area contributed by atoms with Crippen molar-refractivity contribution in [1.82, 2.24) is 4.57 Å². The highest BCUT2D eigenvalue weighted by molar-refractivity contribution is 7.25. The van der Waals surface area contributed by atoms with Gasteiger partial charge < -0.3 is 14.3 Å². The van der Waals surface area contributed by atoms with Crippen molar-refractivity contribution in [3.05, 3.63) is 162 Å². The molecule has 0 unspecified atom stereocenters. The van der Waals surface area contributed by atoms with Crippen LogP contribution >= 0.6 is 11.3 Å². The molecule has 1 aliphatic carbocycles. The molecule has 0 amide bonds. The number of fused-ring (bicyclic) bond motifs is 15. The van der Waals surface area contributed by atoms with Crippen LogP contribution in [0.15, 0.2) is 144 Å². The summed E-state index contributed by atoms with van der Waals surface area (Å²) in [5.41, 5.74) is 21.0. The van der Waals surface area contributed by atoms with E-state index in [-0.39, 0.29) is 16.2 Å². The fourth-order valence-electron chi connectivity index (χ4n) is 11.4. The van der Waals surface area contributed by atoms with E-state index >= 15 is 0 Å². The summed E-state index contributed by atoms with van der Waals surface area (Å²) in [7, 11) is 0.772. The molecule has 0 radical (unpaired) electrons. The van der Waals surface area contributed by atoms with E-state index < -0.39 is 0 Å². The summed E-state index contributed by atoms with van der Waals surface area (Å²) in [5, 5.41) is 11.7. The zero-order chi connectivity index (χ0) is 43.6. The quantitative estimate of drug-likeness (QED) is 0.180. The predicted molar refractivity (Wildman–Crippen MR) is 277 cm³/mol. The molecular weight excluding hydrogens is 796 g/mol. The minimum Gasteiger partial charge on any atom is -0.456 e. The molecule has 13 rings (SSSR count). The average molecular weight is 845 g/mol. The topological polar surface area (TPSA) is 30.1 Å². The summed E-state index contributed by atoms with van der Waals surface area (Å²) in [6.07, 6.45) is 0. The minimum atomic E-state index is -0.267. The monoisotopic (exact) mass is 844 g/mol. The second-order valence-electron chi connectivity index (χ2n) is 21.0. The molecular formula is C59H49BN2OS. The van der Waals surface area contributed by atoms with Gasteiger partial charge in [0.25, 0.3) is 0 Å². The van der Waals surface area contributed by atoms with E-state index in [1.54, 1.807) is 0 Å². The molecule has 0 atom stereocenters. The molecule has 8 aromatic carbocycles. The summed E-state index contributed by atoms with van der Waals surface area (Å²) in [5.74, 6) is 0. The van der Waals surface area contributed by atoms with Crippen molar-refractivity contribution in [1.29, 1.82) is 0 Å². The normalized spacial score (nSPS) is 14.2. The zero-order valence-electron chi connectivity index (χ0n) is 37.7. The van der Waals surface area contributed by atoms with Crippen molar-refractivity contribution < 1.29 is 4.42 Å². The van der Waals surface area contributed by atoms with Crippen LogP contribution in [0.4, 0.5) is 11.4 Å². The fourth-order valence-corrected chi connectivity index (χ4v) is 12.6. The van der Waals surface area contributed by atoms with Gasteiger partial charge in [-0.3, -0.25) is 0 Å². The molecule has 64 heavy (non-hydrogen) atoms. The number of rotatable bonds is 3. The molecule has 310 valence electrons. The van der Waals surface area contributed by atoms with E-state index in [1.807, 2.05) is 11.3 Å². The van der Waals surface area contributed by atoms with Crippen LogP contribution in [0.5, 0.6) is 0 Å². The zero-order valence-corrected chi connectivity index (χ0v) is 38.6. The average Bonchev–Trinajstić information content (AvgIpc) is 3.99. The van der Waals surface area contributed by atoms with Crippen LogP contribution in [0.25, 0.3) is 91.9 Å².